The van der Waals surface area contributed by atoms with Gasteiger partial charge in [0.05, 0.1) is 4.90 Å². The van der Waals surface area contributed by atoms with Crippen molar-refractivity contribution in [2.24, 2.45) is 5.92 Å². The van der Waals surface area contributed by atoms with Gasteiger partial charge in [0.1, 0.15) is 6.04 Å². The maximum Gasteiger partial charge on any atom is 0.241 e. The number of amides is 1. The molecule has 140 valence electrons. The highest BCUT2D eigenvalue weighted by Crippen LogP contribution is 2.18. The van der Waals surface area contributed by atoms with Crippen LogP contribution in [0.15, 0.2) is 29.2 Å². The van der Waals surface area contributed by atoms with E-state index in [1.54, 1.807) is 36.0 Å². The van der Waals surface area contributed by atoms with Crippen LogP contribution in [-0.4, -0.2) is 50.4 Å². The van der Waals surface area contributed by atoms with Gasteiger partial charge in [-0.15, -0.1) is 0 Å². The first-order chi connectivity index (χ1) is 11.8. The zero-order valence-corrected chi connectivity index (χ0v) is 16.8. The summed E-state index contributed by atoms with van der Waals surface area (Å²) in [5, 5.41) is 0. The zero-order valence-electron chi connectivity index (χ0n) is 15.2. The van der Waals surface area contributed by atoms with E-state index >= 15 is 0 Å². The summed E-state index contributed by atoms with van der Waals surface area (Å²) in [6.45, 7) is 5.46. The second-order valence-electron chi connectivity index (χ2n) is 6.80. The molecule has 1 amide bonds. The van der Waals surface area contributed by atoms with E-state index in [9.17, 15) is 13.2 Å². The largest absolute Gasteiger partial charge is 0.341 e. The predicted molar refractivity (Wildman–Crippen MR) is 103 cm³/mol. The summed E-state index contributed by atoms with van der Waals surface area (Å²) < 4.78 is 28.0. The molecular formula is C18H28N2O3S2. The molecule has 0 bridgehead atoms. The number of likely N-dealkylation sites (tertiary alicyclic amines) is 1. The SMILES string of the molecule is CSCCC(NS(=O)(=O)c1ccc(C)cc1)C(=O)N1CCCC(C)C1. The normalized spacial score (nSPS) is 19.6. The number of nitrogens with one attached hydrogen (secondary N) is 1. The molecular weight excluding hydrogens is 356 g/mol. The van der Waals surface area contributed by atoms with E-state index in [1.807, 2.05) is 18.1 Å². The Balaban J connectivity index is 2.15. The first kappa shape index (κ1) is 20.3. The molecule has 2 rings (SSSR count). The van der Waals surface area contributed by atoms with E-state index in [4.69, 9.17) is 0 Å². The van der Waals surface area contributed by atoms with Crippen LogP contribution in [0.5, 0.6) is 0 Å². The summed E-state index contributed by atoms with van der Waals surface area (Å²) in [7, 11) is -3.71. The molecule has 0 saturated carbocycles. The molecule has 7 heteroatoms. The minimum Gasteiger partial charge on any atom is -0.341 e. The van der Waals surface area contributed by atoms with Gasteiger partial charge in [-0.3, -0.25) is 4.79 Å². The second kappa shape index (κ2) is 9.05. The van der Waals surface area contributed by atoms with E-state index in [0.717, 1.165) is 24.2 Å². The van der Waals surface area contributed by atoms with Gasteiger partial charge in [0.25, 0.3) is 0 Å². The molecule has 1 aliphatic heterocycles. The summed E-state index contributed by atoms with van der Waals surface area (Å²) in [5.41, 5.74) is 0.997. The van der Waals surface area contributed by atoms with Crippen molar-refractivity contribution < 1.29 is 13.2 Å². The molecule has 1 N–H and O–H groups in total. The first-order valence-electron chi connectivity index (χ1n) is 8.70. The molecule has 1 heterocycles. The molecule has 5 nitrogen and oxygen atoms in total. The number of sulfonamides is 1. The van der Waals surface area contributed by atoms with Gasteiger partial charge < -0.3 is 4.90 Å². The fourth-order valence-electron chi connectivity index (χ4n) is 3.05. The number of aryl methyl sites for hydroxylation is 1. The smallest absolute Gasteiger partial charge is 0.241 e. The number of thioether (sulfide) groups is 1. The van der Waals surface area contributed by atoms with Crippen LogP contribution in [0.3, 0.4) is 0 Å². The number of hydrogen-bond donors (Lipinski definition) is 1. The number of rotatable bonds is 7. The van der Waals surface area contributed by atoms with Crippen molar-refractivity contribution in [2.45, 2.75) is 44.0 Å². The Labute approximate surface area is 155 Å². The van der Waals surface area contributed by atoms with Gasteiger partial charge in [-0.1, -0.05) is 24.6 Å². The van der Waals surface area contributed by atoms with Crippen LogP contribution in [-0.2, 0) is 14.8 Å². The zero-order chi connectivity index (χ0) is 18.4. The fraction of sp³-hybridized carbons (Fsp3) is 0.611. The molecule has 1 aromatic carbocycles. The fourth-order valence-corrected chi connectivity index (χ4v) is 4.75. The van der Waals surface area contributed by atoms with Gasteiger partial charge in [0.2, 0.25) is 15.9 Å². The second-order valence-corrected chi connectivity index (χ2v) is 9.50. The minimum atomic E-state index is -3.71. The average Bonchev–Trinajstić information content (AvgIpc) is 2.58. The summed E-state index contributed by atoms with van der Waals surface area (Å²) in [6.07, 6.45) is 4.55. The highest BCUT2D eigenvalue weighted by molar-refractivity contribution is 7.98. The number of nitrogens with zero attached hydrogens (tertiary/aromatic N) is 1. The Bertz CT molecular complexity index is 674. The van der Waals surface area contributed by atoms with E-state index < -0.39 is 16.1 Å². The summed E-state index contributed by atoms with van der Waals surface area (Å²) in [6, 6.07) is 5.98. The lowest BCUT2D eigenvalue weighted by Gasteiger charge is -2.33. The average molecular weight is 385 g/mol. The van der Waals surface area contributed by atoms with E-state index in [-0.39, 0.29) is 10.8 Å². The molecule has 1 fully saturated rings. The van der Waals surface area contributed by atoms with Crippen molar-refractivity contribution in [3.63, 3.8) is 0 Å². The molecule has 25 heavy (non-hydrogen) atoms. The van der Waals surface area contributed by atoms with Crippen LogP contribution < -0.4 is 4.72 Å². The number of hydrogen-bond acceptors (Lipinski definition) is 4. The third-order valence-corrected chi connectivity index (χ3v) is 6.64. The van der Waals surface area contributed by atoms with Crippen LogP contribution in [0.25, 0.3) is 0 Å². The summed E-state index contributed by atoms with van der Waals surface area (Å²) >= 11 is 1.61. The molecule has 0 aliphatic carbocycles. The summed E-state index contributed by atoms with van der Waals surface area (Å²) in [4.78, 5) is 14.9. The molecule has 1 saturated heterocycles. The Morgan fingerprint density at radius 3 is 2.64 bits per heavy atom. The number of benzene rings is 1. The molecule has 0 radical (unpaired) electrons. The van der Waals surface area contributed by atoms with Gasteiger partial charge >= 0.3 is 0 Å². The van der Waals surface area contributed by atoms with Crippen LogP contribution in [0.4, 0.5) is 0 Å². The first-order valence-corrected chi connectivity index (χ1v) is 11.6. The molecule has 1 aromatic rings. The van der Waals surface area contributed by atoms with Crippen LogP contribution in [0, 0.1) is 12.8 Å². The van der Waals surface area contributed by atoms with Crippen molar-refractivity contribution >= 4 is 27.7 Å². The van der Waals surface area contributed by atoms with Gasteiger partial charge in [0, 0.05) is 13.1 Å². The minimum absolute atomic E-state index is 0.101. The van der Waals surface area contributed by atoms with Crippen LogP contribution in [0.1, 0.15) is 31.7 Å². The standard InChI is InChI=1S/C18H28N2O3S2/c1-14-6-8-16(9-7-14)25(22,23)19-17(10-12-24-3)18(21)20-11-4-5-15(2)13-20/h6-9,15,17,19H,4-5,10-13H2,1-3H3. The molecule has 0 aromatic heterocycles. The van der Waals surface area contributed by atoms with E-state index in [2.05, 4.69) is 11.6 Å². The Hall–Kier alpha value is -1.05. The maximum atomic E-state index is 12.9. The highest BCUT2D eigenvalue weighted by Gasteiger charge is 2.30. The van der Waals surface area contributed by atoms with Gasteiger partial charge in [-0.2, -0.15) is 16.5 Å². The van der Waals surface area contributed by atoms with Gasteiger partial charge in [-0.05, 0) is 56.2 Å². The maximum absolute atomic E-state index is 12.9. The van der Waals surface area contributed by atoms with Crippen molar-refractivity contribution in [2.75, 3.05) is 25.1 Å². The quantitative estimate of drug-likeness (QED) is 0.785. The lowest BCUT2D eigenvalue weighted by atomic mass is 9.99. The number of carbonyl (C=O) groups excluding carboxylic acids is 1. The van der Waals surface area contributed by atoms with E-state index in [1.165, 1.54) is 0 Å². The lowest BCUT2D eigenvalue weighted by molar-refractivity contribution is -0.134. The Kier molecular flexibility index (Phi) is 7.34. The van der Waals surface area contributed by atoms with Crippen LogP contribution in [0.2, 0.25) is 0 Å². The third kappa shape index (κ3) is 5.72. The molecule has 0 spiro atoms. The van der Waals surface area contributed by atoms with Crippen molar-refractivity contribution in [1.82, 2.24) is 9.62 Å². The molecule has 2 atom stereocenters. The van der Waals surface area contributed by atoms with E-state index in [0.29, 0.717) is 25.4 Å². The highest BCUT2D eigenvalue weighted by atomic mass is 32.2. The van der Waals surface area contributed by atoms with Crippen molar-refractivity contribution in [3.05, 3.63) is 29.8 Å². The monoisotopic (exact) mass is 384 g/mol. The molecule has 2 unspecified atom stereocenters. The van der Waals surface area contributed by atoms with Crippen LogP contribution >= 0.6 is 11.8 Å². The van der Waals surface area contributed by atoms with Crippen molar-refractivity contribution in [3.8, 4) is 0 Å². The topological polar surface area (TPSA) is 66.5 Å². The predicted octanol–water partition coefficient (Wildman–Crippen LogP) is 2.65. The van der Waals surface area contributed by atoms with Gasteiger partial charge in [0.15, 0.2) is 0 Å². The Morgan fingerprint density at radius 2 is 2.04 bits per heavy atom. The lowest BCUT2D eigenvalue weighted by Crippen LogP contribution is -2.51. The number of carbonyl (C=O) groups is 1. The van der Waals surface area contributed by atoms with Crippen molar-refractivity contribution in [1.29, 1.82) is 0 Å². The molecule has 1 aliphatic rings. The van der Waals surface area contributed by atoms with Gasteiger partial charge in [-0.25, -0.2) is 8.42 Å². The number of piperidine rings is 1. The Morgan fingerprint density at radius 1 is 1.36 bits per heavy atom. The summed E-state index contributed by atoms with van der Waals surface area (Å²) in [5.74, 6) is 1.10. The third-order valence-electron chi connectivity index (χ3n) is 4.51.